The minimum atomic E-state index is -0.611. The van der Waals surface area contributed by atoms with E-state index in [0.717, 1.165) is 32.2 Å². The van der Waals surface area contributed by atoms with Crippen LogP contribution in [0.4, 0.5) is 0 Å². The van der Waals surface area contributed by atoms with Crippen molar-refractivity contribution in [2.24, 2.45) is 0 Å². The van der Waals surface area contributed by atoms with Crippen molar-refractivity contribution in [1.82, 2.24) is 4.90 Å². The summed E-state index contributed by atoms with van der Waals surface area (Å²) in [6.45, 7) is 2.84. The van der Waals surface area contributed by atoms with Crippen LogP contribution in [0.3, 0.4) is 0 Å². The first-order chi connectivity index (χ1) is 9.24. The molecule has 0 saturated heterocycles. The largest absolute Gasteiger partial charge is 0.390 e. The second kappa shape index (κ2) is 5.84. The maximum Gasteiger partial charge on any atom is 0.0628 e. The molecular weight excluding hydrogens is 293 g/mol. The molecule has 1 aliphatic carbocycles. The summed E-state index contributed by atoms with van der Waals surface area (Å²) in [5.41, 5.74) is 0.514. The van der Waals surface area contributed by atoms with Crippen LogP contribution in [0.25, 0.3) is 0 Å². The molecule has 0 bridgehead atoms. The third-order valence-corrected chi connectivity index (χ3v) is 4.98. The molecule has 1 saturated carbocycles. The quantitative estimate of drug-likeness (QED) is 0.907. The van der Waals surface area contributed by atoms with E-state index in [0.29, 0.717) is 10.0 Å². The molecule has 1 N–H and O–H groups in total. The van der Waals surface area contributed by atoms with Crippen LogP contribution in [0.5, 0.6) is 0 Å². The molecule has 0 heterocycles. The van der Waals surface area contributed by atoms with Crippen LogP contribution in [0.15, 0.2) is 18.2 Å². The number of halogens is 2. The summed E-state index contributed by atoms with van der Waals surface area (Å²) >= 11 is 12.2. The molecule has 1 fully saturated rings. The summed E-state index contributed by atoms with van der Waals surface area (Å²) < 4.78 is 0. The van der Waals surface area contributed by atoms with Gasteiger partial charge in [-0.05, 0) is 64.4 Å². The SMILES string of the molecule is CN(C)CC1(c2ccc(Cl)c(Cl)c2)CCCC(C)(O)C1. The van der Waals surface area contributed by atoms with Crippen LogP contribution in [0, 0.1) is 0 Å². The lowest BCUT2D eigenvalue weighted by Gasteiger charge is -2.46. The highest BCUT2D eigenvalue weighted by molar-refractivity contribution is 6.42. The van der Waals surface area contributed by atoms with Gasteiger partial charge < -0.3 is 10.0 Å². The maximum atomic E-state index is 10.5. The highest BCUT2D eigenvalue weighted by Crippen LogP contribution is 2.45. The average Bonchev–Trinajstić information content (AvgIpc) is 2.30. The van der Waals surface area contributed by atoms with Gasteiger partial charge in [-0.25, -0.2) is 0 Å². The van der Waals surface area contributed by atoms with Gasteiger partial charge in [0.1, 0.15) is 0 Å². The minimum Gasteiger partial charge on any atom is -0.390 e. The second-order valence-electron chi connectivity index (χ2n) is 6.67. The van der Waals surface area contributed by atoms with E-state index in [-0.39, 0.29) is 5.41 Å². The fourth-order valence-electron chi connectivity index (χ4n) is 3.62. The third kappa shape index (κ3) is 3.48. The Morgan fingerprint density at radius 1 is 1.20 bits per heavy atom. The summed E-state index contributed by atoms with van der Waals surface area (Å²) in [4.78, 5) is 2.18. The van der Waals surface area contributed by atoms with Crippen molar-refractivity contribution < 1.29 is 5.11 Å². The van der Waals surface area contributed by atoms with Crippen molar-refractivity contribution >= 4 is 23.2 Å². The monoisotopic (exact) mass is 315 g/mol. The van der Waals surface area contributed by atoms with Gasteiger partial charge in [0, 0.05) is 12.0 Å². The number of hydrogen-bond acceptors (Lipinski definition) is 2. The molecule has 1 aliphatic rings. The summed E-state index contributed by atoms with van der Waals surface area (Å²) in [5, 5.41) is 11.7. The summed E-state index contributed by atoms with van der Waals surface area (Å²) in [7, 11) is 4.14. The normalized spacial score (nSPS) is 30.8. The Hall–Kier alpha value is -0.280. The van der Waals surface area contributed by atoms with Gasteiger partial charge in [0.25, 0.3) is 0 Å². The highest BCUT2D eigenvalue weighted by atomic mass is 35.5. The molecule has 0 aromatic heterocycles. The van der Waals surface area contributed by atoms with Crippen molar-refractivity contribution in [3.05, 3.63) is 33.8 Å². The number of aliphatic hydroxyl groups is 1. The van der Waals surface area contributed by atoms with Crippen LogP contribution in [-0.2, 0) is 5.41 Å². The van der Waals surface area contributed by atoms with Crippen LogP contribution in [-0.4, -0.2) is 36.2 Å². The molecule has 0 amide bonds. The maximum absolute atomic E-state index is 10.5. The first-order valence-electron chi connectivity index (χ1n) is 7.07. The zero-order valence-electron chi connectivity index (χ0n) is 12.4. The molecule has 4 heteroatoms. The third-order valence-electron chi connectivity index (χ3n) is 4.24. The van der Waals surface area contributed by atoms with E-state index in [2.05, 4.69) is 25.1 Å². The number of hydrogen-bond donors (Lipinski definition) is 1. The fourth-order valence-corrected chi connectivity index (χ4v) is 3.92. The van der Waals surface area contributed by atoms with Crippen molar-refractivity contribution in [3.8, 4) is 0 Å². The fraction of sp³-hybridized carbons (Fsp3) is 0.625. The summed E-state index contributed by atoms with van der Waals surface area (Å²) in [6, 6.07) is 5.88. The van der Waals surface area contributed by atoms with Crippen molar-refractivity contribution in [2.75, 3.05) is 20.6 Å². The Morgan fingerprint density at radius 2 is 1.90 bits per heavy atom. The number of nitrogens with zero attached hydrogens (tertiary/aromatic N) is 1. The van der Waals surface area contributed by atoms with Gasteiger partial charge in [-0.3, -0.25) is 0 Å². The Kier molecular flexibility index (Phi) is 4.70. The number of likely N-dealkylation sites (N-methyl/N-ethyl adjacent to an activating group) is 1. The van der Waals surface area contributed by atoms with Crippen LogP contribution < -0.4 is 0 Å². The number of benzene rings is 1. The van der Waals surface area contributed by atoms with Gasteiger partial charge >= 0.3 is 0 Å². The predicted molar refractivity (Wildman–Crippen MR) is 85.8 cm³/mol. The van der Waals surface area contributed by atoms with E-state index in [1.807, 2.05) is 19.1 Å². The van der Waals surface area contributed by atoms with Gasteiger partial charge in [-0.1, -0.05) is 29.3 Å². The topological polar surface area (TPSA) is 23.5 Å². The molecule has 2 unspecified atom stereocenters. The van der Waals surface area contributed by atoms with Crippen LogP contribution in [0.2, 0.25) is 10.0 Å². The Morgan fingerprint density at radius 3 is 2.45 bits per heavy atom. The molecule has 2 rings (SSSR count). The van der Waals surface area contributed by atoms with Gasteiger partial charge in [-0.2, -0.15) is 0 Å². The number of rotatable bonds is 3. The summed E-state index contributed by atoms with van der Waals surface area (Å²) in [6.07, 6.45) is 3.72. The van der Waals surface area contributed by atoms with Crippen molar-refractivity contribution in [2.45, 2.75) is 43.6 Å². The molecule has 2 nitrogen and oxygen atoms in total. The van der Waals surface area contributed by atoms with Crippen LogP contribution in [0.1, 0.15) is 38.2 Å². The average molecular weight is 316 g/mol. The van der Waals surface area contributed by atoms with E-state index in [4.69, 9.17) is 23.2 Å². The lowest BCUT2D eigenvalue weighted by Crippen LogP contribution is -2.47. The molecule has 0 spiro atoms. The molecule has 1 aromatic carbocycles. The Balaban J connectivity index is 2.43. The molecule has 2 atom stereocenters. The molecular formula is C16H23Cl2NO. The van der Waals surface area contributed by atoms with Gasteiger partial charge in [-0.15, -0.1) is 0 Å². The van der Waals surface area contributed by atoms with Crippen molar-refractivity contribution in [3.63, 3.8) is 0 Å². The first kappa shape index (κ1) is 16.1. The smallest absolute Gasteiger partial charge is 0.0628 e. The summed E-state index contributed by atoms with van der Waals surface area (Å²) in [5.74, 6) is 0. The molecule has 112 valence electrons. The molecule has 20 heavy (non-hydrogen) atoms. The lowest BCUT2D eigenvalue weighted by molar-refractivity contribution is -0.0157. The lowest BCUT2D eigenvalue weighted by atomic mass is 9.64. The van der Waals surface area contributed by atoms with E-state index < -0.39 is 5.60 Å². The van der Waals surface area contributed by atoms with Gasteiger partial charge in [0.2, 0.25) is 0 Å². The van der Waals surface area contributed by atoms with Crippen LogP contribution >= 0.6 is 23.2 Å². The minimum absolute atomic E-state index is 0.0561. The first-order valence-corrected chi connectivity index (χ1v) is 7.82. The Labute approximate surface area is 131 Å². The van der Waals surface area contributed by atoms with E-state index in [1.165, 1.54) is 5.56 Å². The molecule has 0 radical (unpaired) electrons. The second-order valence-corrected chi connectivity index (χ2v) is 7.49. The standard InChI is InChI=1S/C16H23Cl2NO/c1-15(20)7-4-8-16(10-15,11-19(2)3)12-5-6-13(17)14(18)9-12/h5-6,9,20H,4,7-8,10-11H2,1-3H3. The van der Waals surface area contributed by atoms with E-state index in [9.17, 15) is 5.11 Å². The zero-order valence-corrected chi connectivity index (χ0v) is 13.9. The van der Waals surface area contributed by atoms with E-state index in [1.54, 1.807) is 0 Å². The molecule has 1 aromatic rings. The van der Waals surface area contributed by atoms with E-state index >= 15 is 0 Å². The van der Waals surface area contributed by atoms with Gasteiger partial charge in [0.05, 0.1) is 15.6 Å². The zero-order chi connectivity index (χ0) is 15.0. The Bertz CT molecular complexity index is 487. The van der Waals surface area contributed by atoms with Crippen molar-refractivity contribution in [1.29, 1.82) is 0 Å². The highest BCUT2D eigenvalue weighted by Gasteiger charge is 2.42. The molecule has 0 aliphatic heterocycles. The predicted octanol–water partition coefficient (Wildman–Crippen LogP) is 4.12. The van der Waals surface area contributed by atoms with Gasteiger partial charge in [0.15, 0.2) is 0 Å².